The summed E-state index contributed by atoms with van der Waals surface area (Å²) in [5.74, 6) is 0.0589. The number of nitrogens with zero attached hydrogens (tertiary/aromatic N) is 1. The predicted molar refractivity (Wildman–Crippen MR) is 83.8 cm³/mol. The molecule has 0 aliphatic rings. The average molecular weight is 288 g/mol. The number of thiazole rings is 1. The molecule has 4 heteroatoms. The maximum absolute atomic E-state index is 11.9. The highest BCUT2D eigenvalue weighted by Gasteiger charge is 2.11. The lowest BCUT2D eigenvalue weighted by molar-refractivity contribution is -0.121. The van der Waals surface area contributed by atoms with Gasteiger partial charge in [-0.05, 0) is 12.8 Å². The molecule has 0 aliphatic carbocycles. The molecule has 0 bridgehead atoms. The summed E-state index contributed by atoms with van der Waals surface area (Å²) in [6.07, 6.45) is 2.29. The fraction of sp³-hybridized carbons (Fsp3) is 0.375. The zero-order chi connectivity index (χ0) is 14.4. The summed E-state index contributed by atoms with van der Waals surface area (Å²) in [7, 11) is 0. The Balaban J connectivity index is 1.98. The second-order valence-corrected chi connectivity index (χ2v) is 5.63. The van der Waals surface area contributed by atoms with Gasteiger partial charge >= 0.3 is 0 Å². The van der Waals surface area contributed by atoms with Gasteiger partial charge in [-0.15, -0.1) is 11.3 Å². The van der Waals surface area contributed by atoms with Crippen molar-refractivity contribution in [1.29, 1.82) is 0 Å². The summed E-state index contributed by atoms with van der Waals surface area (Å²) in [6, 6.07) is 10.3. The Hall–Kier alpha value is -1.68. The highest BCUT2D eigenvalue weighted by molar-refractivity contribution is 7.13. The van der Waals surface area contributed by atoms with Crippen LogP contribution in [0.1, 0.15) is 32.4 Å². The summed E-state index contributed by atoms with van der Waals surface area (Å²) in [5, 5.41) is 5.98. The average Bonchev–Trinajstić information content (AvgIpc) is 2.94. The fourth-order valence-corrected chi connectivity index (χ4v) is 2.86. The van der Waals surface area contributed by atoms with Gasteiger partial charge in [0.15, 0.2) is 0 Å². The van der Waals surface area contributed by atoms with Crippen LogP contribution in [-0.4, -0.2) is 16.9 Å². The summed E-state index contributed by atoms with van der Waals surface area (Å²) in [4.78, 5) is 16.5. The second-order valence-electron chi connectivity index (χ2n) is 4.77. The van der Waals surface area contributed by atoms with Crippen molar-refractivity contribution in [3.8, 4) is 10.6 Å². The lowest BCUT2D eigenvalue weighted by Crippen LogP contribution is -2.34. The van der Waals surface area contributed by atoms with E-state index in [0.29, 0.717) is 6.42 Å². The van der Waals surface area contributed by atoms with Crippen molar-refractivity contribution in [2.45, 2.75) is 39.2 Å². The molecule has 1 aromatic carbocycles. The highest BCUT2D eigenvalue weighted by Crippen LogP contribution is 2.23. The quantitative estimate of drug-likeness (QED) is 0.881. The van der Waals surface area contributed by atoms with Gasteiger partial charge in [-0.1, -0.05) is 44.2 Å². The Morgan fingerprint density at radius 3 is 2.60 bits per heavy atom. The van der Waals surface area contributed by atoms with Gasteiger partial charge < -0.3 is 5.32 Å². The van der Waals surface area contributed by atoms with Gasteiger partial charge in [0.25, 0.3) is 0 Å². The fourth-order valence-electron chi connectivity index (χ4n) is 2.04. The predicted octanol–water partition coefficient (Wildman–Crippen LogP) is 3.66. The number of aromatic nitrogens is 1. The maximum Gasteiger partial charge on any atom is 0.226 e. The first-order valence-electron chi connectivity index (χ1n) is 7.02. The number of rotatable bonds is 6. The van der Waals surface area contributed by atoms with E-state index in [2.05, 4.69) is 24.1 Å². The molecule has 20 heavy (non-hydrogen) atoms. The first-order chi connectivity index (χ1) is 9.72. The van der Waals surface area contributed by atoms with Crippen molar-refractivity contribution in [3.63, 3.8) is 0 Å². The van der Waals surface area contributed by atoms with Crippen molar-refractivity contribution >= 4 is 17.2 Å². The van der Waals surface area contributed by atoms with Crippen molar-refractivity contribution in [3.05, 3.63) is 41.4 Å². The Morgan fingerprint density at radius 1 is 1.25 bits per heavy atom. The Labute approximate surface area is 124 Å². The molecule has 1 N–H and O–H groups in total. The van der Waals surface area contributed by atoms with Crippen LogP contribution in [0.15, 0.2) is 35.7 Å². The molecule has 2 rings (SSSR count). The molecule has 0 aliphatic heterocycles. The molecule has 0 saturated carbocycles. The van der Waals surface area contributed by atoms with Crippen LogP contribution < -0.4 is 5.32 Å². The standard InChI is InChI=1S/C16H20N2OS/c1-3-13(4-2)17-15(19)10-14-11-20-16(18-14)12-8-6-5-7-9-12/h5-9,11,13H,3-4,10H2,1-2H3,(H,17,19). The van der Waals surface area contributed by atoms with Gasteiger partial charge in [0.2, 0.25) is 5.91 Å². The monoisotopic (exact) mass is 288 g/mol. The molecular formula is C16H20N2OS. The summed E-state index contributed by atoms with van der Waals surface area (Å²) < 4.78 is 0. The number of nitrogens with one attached hydrogen (secondary N) is 1. The molecule has 0 spiro atoms. The zero-order valence-electron chi connectivity index (χ0n) is 11.9. The largest absolute Gasteiger partial charge is 0.353 e. The van der Waals surface area contributed by atoms with Crippen LogP contribution in [0.3, 0.4) is 0 Å². The maximum atomic E-state index is 11.9. The lowest BCUT2D eigenvalue weighted by atomic mass is 10.1. The number of benzene rings is 1. The zero-order valence-corrected chi connectivity index (χ0v) is 12.7. The van der Waals surface area contributed by atoms with E-state index < -0.39 is 0 Å². The van der Waals surface area contributed by atoms with E-state index in [1.807, 2.05) is 35.7 Å². The van der Waals surface area contributed by atoms with E-state index in [0.717, 1.165) is 29.1 Å². The first kappa shape index (κ1) is 14.7. The Morgan fingerprint density at radius 2 is 1.95 bits per heavy atom. The van der Waals surface area contributed by atoms with E-state index in [-0.39, 0.29) is 11.9 Å². The summed E-state index contributed by atoms with van der Waals surface area (Å²) in [6.45, 7) is 4.18. The van der Waals surface area contributed by atoms with E-state index >= 15 is 0 Å². The van der Waals surface area contributed by atoms with E-state index in [1.165, 1.54) is 0 Å². The molecule has 0 unspecified atom stereocenters. The molecule has 0 atom stereocenters. The van der Waals surface area contributed by atoms with Crippen LogP contribution in [0.5, 0.6) is 0 Å². The summed E-state index contributed by atoms with van der Waals surface area (Å²) >= 11 is 1.58. The molecule has 3 nitrogen and oxygen atoms in total. The molecule has 2 aromatic rings. The molecule has 0 radical (unpaired) electrons. The molecule has 106 valence electrons. The van der Waals surface area contributed by atoms with Crippen LogP contribution in [0.25, 0.3) is 10.6 Å². The molecule has 1 amide bonds. The van der Waals surface area contributed by atoms with Crippen LogP contribution in [0.4, 0.5) is 0 Å². The normalized spacial score (nSPS) is 10.8. The Kier molecular flexibility index (Phi) is 5.30. The van der Waals surface area contributed by atoms with Crippen LogP contribution in [0, 0.1) is 0 Å². The van der Waals surface area contributed by atoms with Gasteiger partial charge in [-0.25, -0.2) is 4.98 Å². The van der Waals surface area contributed by atoms with E-state index in [1.54, 1.807) is 11.3 Å². The minimum atomic E-state index is 0.0589. The number of carbonyl (C=O) groups is 1. The molecule has 0 fully saturated rings. The van der Waals surface area contributed by atoms with E-state index in [9.17, 15) is 4.79 Å². The van der Waals surface area contributed by atoms with Gasteiger partial charge in [-0.3, -0.25) is 4.79 Å². The van der Waals surface area contributed by atoms with Crippen molar-refractivity contribution in [2.75, 3.05) is 0 Å². The van der Waals surface area contributed by atoms with Crippen molar-refractivity contribution in [1.82, 2.24) is 10.3 Å². The smallest absolute Gasteiger partial charge is 0.226 e. The van der Waals surface area contributed by atoms with Crippen LogP contribution >= 0.6 is 11.3 Å². The SMILES string of the molecule is CCC(CC)NC(=O)Cc1csc(-c2ccccc2)n1. The van der Waals surface area contributed by atoms with Gasteiger partial charge in [-0.2, -0.15) is 0 Å². The van der Waals surface area contributed by atoms with Gasteiger partial charge in [0.05, 0.1) is 12.1 Å². The lowest BCUT2D eigenvalue weighted by Gasteiger charge is -2.13. The number of hydrogen-bond acceptors (Lipinski definition) is 3. The highest BCUT2D eigenvalue weighted by atomic mass is 32.1. The van der Waals surface area contributed by atoms with Gasteiger partial charge in [0, 0.05) is 17.0 Å². The molecule has 1 heterocycles. The van der Waals surface area contributed by atoms with Crippen LogP contribution in [0.2, 0.25) is 0 Å². The Bertz CT molecular complexity index is 547. The number of carbonyl (C=O) groups excluding carboxylic acids is 1. The third kappa shape index (κ3) is 3.90. The minimum absolute atomic E-state index is 0.0589. The number of amides is 1. The molecular weight excluding hydrogens is 268 g/mol. The van der Waals surface area contributed by atoms with E-state index in [4.69, 9.17) is 0 Å². The van der Waals surface area contributed by atoms with Crippen molar-refractivity contribution < 1.29 is 4.79 Å². The third-order valence-electron chi connectivity index (χ3n) is 3.26. The number of hydrogen-bond donors (Lipinski definition) is 1. The summed E-state index contributed by atoms with van der Waals surface area (Å²) in [5.41, 5.74) is 1.95. The van der Waals surface area contributed by atoms with Crippen molar-refractivity contribution in [2.24, 2.45) is 0 Å². The molecule has 1 aromatic heterocycles. The topological polar surface area (TPSA) is 42.0 Å². The van der Waals surface area contributed by atoms with Crippen LogP contribution in [-0.2, 0) is 11.2 Å². The van der Waals surface area contributed by atoms with Gasteiger partial charge in [0.1, 0.15) is 5.01 Å². The third-order valence-corrected chi connectivity index (χ3v) is 4.21. The molecule has 0 saturated heterocycles. The first-order valence-corrected chi connectivity index (χ1v) is 7.90. The minimum Gasteiger partial charge on any atom is -0.353 e. The second kappa shape index (κ2) is 7.20.